The van der Waals surface area contributed by atoms with E-state index in [1.54, 1.807) is 18.0 Å². The lowest BCUT2D eigenvalue weighted by molar-refractivity contribution is -0.0602. The third-order valence-corrected chi connectivity index (χ3v) is 17.9. The number of nitrogens with two attached hydrogens (primary N) is 2. The van der Waals surface area contributed by atoms with Gasteiger partial charge in [0.05, 0.1) is 12.9 Å². The molecule has 2 saturated heterocycles. The van der Waals surface area contributed by atoms with Crippen molar-refractivity contribution >= 4 is 40.1 Å². The van der Waals surface area contributed by atoms with Crippen LogP contribution in [0.4, 0.5) is 11.8 Å². The fraction of sp³-hybridized carbons (Fsp3) is 0.783. The number of hydrogen-bond acceptors (Lipinski definition) is 10. The highest BCUT2D eigenvalue weighted by molar-refractivity contribution is 6.84. The molecule has 4 unspecified atom stereocenters. The maximum Gasteiger partial charge on any atom is 0.335 e. The van der Waals surface area contributed by atoms with E-state index in [1.165, 1.54) is 0 Å². The van der Waals surface area contributed by atoms with Gasteiger partial charge in [0.2, 0.25) is 5.95 Å². The number of methoxy groups -OCH3 is 1. The van der Waals surface area contributed by atoms with Crippen LogP contribution in [0.3, 0.4) is 0 Å². The molecule has 0 aromatic carbocycles. The first-order valence-corrected chi connectivity index (χ1v) is 16.8. The Balaban J connectivity index is 1.81. The lowest BCUT2D eigenvalue weighted by Gasteiger charge is -2.51. The van der Waals surface area contributed by atoms with Gasteiger partial charge in [0, 0.05) is 7.11 Å². The first-order chi connectivity index (χ1) is 16.9. The molecule has 4 rings (SSSR count). The topological polar surface area (TPSA) is 142 Å². The number of fused-ring (bicyclic) bond motifs is 2. The summed E-state index contributed by atoms with van der Waals surface area (Å²) in [6.07, 6.45) is -0.123. The molecule has 11 nitrogen and oxygen atoms in total. The zero-order valence-electron chi connectivity index (χ0n) is 22.9. The Hall–Kier alpha value is -1.62. The third kappa shape index (κ3) is 4.27. The number of anilines is 2. The minimum absolute atomic E-state index is 0.0726. The van der Waals surface area contributed by atoms with Crippen molar-refractivity contribution in [1.82, 2.24) is 19.5 Å². The molecule has 4 atom stereocenters. The molecule has 2 aromatic rings. The van der Waals surface area contributed by atoms with Crippen LogP contribution in [-0.4, -0.2) is 68.7 Å². The lowest BCUT2D eigenvalue weighted by atomic mass is 10.1. The largest absolute Gasteiger partial charge is 0.414 e. The Bertz CT molecular complexity index is 1060. The standard InChI is InChI=1S/C23H42N6O5Si2/c1-12(2)35(13(3)4)31-10-16-18(33-36(34-35,14(5)6)15(7)8)19(30-9)22(32-16)29-11-26-17-20(24)27-23(25)28-21(17)29/h11-16,18-19,22H,10H2,1-9H3,(H4,24,25,27,28). The molecular weight excluding hydrogens is 496 g/mol. The zero-order valence-corrected chi connectivity index (χ0v) is 24.9. The molecule has 4 heterocycles. The molecule has 0 saturated carbocycles. The normalized spacial score (nSPS) is 28.2. The Kier molecular flexibility index (Phi) is 7.56. The van der Waals surface area contributed by atoms with Gasteiger partial charge >= 0.3 is 17.1 Å². The van der Waals surface area contributed by atoms with Gasteiger partial charge in [-0.3, -0.25) is 4.57 Å². The van der Waals surface area contributed by atoms with Gasteiger partial charge in [-0.25, -0.2) is 4.98 Å². The average molecular weight is 539 g/mol. The van der Waals surface area contributed by atoms with Gasteiger partial charge in [0.15, 0.2) is 17.7 Å². The van der Waals surface area contributed by atoms with Crippen molar-refractivity contribution in [2.75, 3.05) is 25.2 Å². The molecule has 0 radical (unpaired) electrons. The number of nitrogen functional groups attached to an aromatic ring is 2. The summed E-state index contributed by atoms with van der Waals surface area (Å²) in [7, 11) is -3.84. The summed E-state index contributed by atoms with van der Waals surface area (Å²) in [5.41, 5.74) is 13.8. The van der Waals surface area contributed by atoms with Crippen LogP contribution in [0.5, 0.6) is 0 Å². The highest BCUT2D eigenvalue weighted by Crippen LogP contribution is 2.49. The van der Waals surface area contributed by atoms with E-state index >= 15 is 0 Å². The van der Waals surface area contributed by atoms with Gasteiger partial charge in [0.25, 0.3) is 0 Å². The molecule has 13 heteroatoms. The summed E-state index contributed by atoms with van der Waals surface area (Å²) < 4.78 is 35.8. The van der Waals surface area contributed by atoms with Crippen LogP contribution in [0.15, 0.2) is 6.33 Å². The predicted molar refractivity (Wildman–Crippen MR) is 143 cm³/mol. The summed E-state index contributed by atoms with van der Waals surface area (Å²) in [5, 5.41) is 0. The number of aromatic nitrogens is 4. The van der Waals surface area contributed by atoms with Crippen molar-refractivity contribution in [2.45, 2.75) is 102 Å². The highest BCUT2D eigenvalue weighted by atomic mass is 28.5. The molecule has 2 aliphatic rings. The van der Waals surface area contributed by atoms with Crippen LogP contribution >= 0.6 is 0 Å². The summed E-state index contributed by atoms with van der Waals surface area (Å²) in [6, 6.07) is 0. The van der Waals surface area contributed by atoms with E-state index in [4.69, 9.17) is 33.9 Å². The van der Waals surface area contributed by atoms with E-state index in [0.29, 0.717) is 17.8 Å². The summed E-state index contributed by atoms with van der Waals surface area (Å²) in [6.45, 7) is 18.0. The van der Waals surface area contributed by atoms with Crippen LogP contribution in [0.2, 0.25) is 22.2 Å². The van der Waals surface area contributed by atoms with Gasteiger partial charge < -0.3 is 33.9 Å². The van der Waals surface area contributed by atoms with Crippen molar-refractivity contribution in [3.05, 3.63) is 6.33 Å². The molecule has 202 valence electrons. The monoisotopic (exact) mass is 538 g/mol. The maximum absolute atomic E-state index is 7.29. The smallest absolute Gasteiger partial charge is 0.335 e. The Morgan fingerprint density at radius 1 is 0.972 bits per heavy atom. The SMILES string of the molecule is COC1C2O[Si](C(C)C)(C(C)C)O[Si](C(C)C)(C(C)C)OCC2OC1n1cnc2c(N)nc(N)nc21. The lowest BCUT2D eigenvalue weighted by Crippen LogP contribution is -2.65. The summed E-state index contributed by atoms with van der Waals surface area (Å²) in [4.78, 5) is 12.8. The van der Waals surface area contributed by atoms with E-state index < -0.39 is 35.6 Å². The molecule has 2 fully saturated rings. The van der Waals surface area contributed by atoms with Crippen LogP contribution in [-0.2, 0) is 22.4 Å². The number of rotatable bonds is 6. The Morgan fingerprint density at radius 3 is 2.14 bits per heavy atom. The molecule has 36 heavy (non-hydrogen) atoms. The van der Waals surface area contributed by atoms with Gasteiger partial charge in [-0.15, -0.1) is 0 Å². The van der Waals surface area contributed by atoms with E-state index in [-0.39, 0.29) is 40.0 Å². The van der Waals surface area contributed by atoms with Crippen molar-refractivity contribution in [1.29, 1.82) is 0 Å². The number of ether oxygens (including phenoxy) is 2. The van der Waals surface area contributed by atoms with Crippen molar-refractivity contribution in [3.8, 4) is 0 Å². The van der Waals surface area contributed by atoms with Crippen molar-refractivity contribution < 1.29 is 22.4 Å². The van der Waals surface area contributed by atoms with Gasteiger partial charge in [0.1, 0.15) is 23.8 Å². The van der Waals surface area contributed by atoms with Crippen molar-refractivity contribution in [3.63, 3.8) is 0 Å². The zero-order chi connectivity index (χ0) is 26.6. The van der Waals surface area contributed by atoms with Crippen LogP contribution in [0, 0.1) is 0 Å². The van der Waals surface area contributed by atoms with E-state index in [9.17, 15) is 0 Å². The van der Waals surface area contributed by atoms with Crippen LogP contribution in [0.1, 0.15) is 61.6 Å². The van der Waals surface area contributed by atoms with Crippen LogP contribution < -0.4 is 11.5 Å². The second-order valence-corrected chi connectivity index (χ2v) is 20.0. The summed E-state index contributed by atoms with van der Waals surface area (Å²) in [5.74, 6) is 0.293. The fourth-order valence-electron chi connectivity index (χ4n) is 5.74. The van der Waals surface area contributed by atoms with Gasteiger partial charge in [-0.05, 0) is 22.2 Å². The Labute approximate surface area is 215 Å². The van der Waals surface area contributed by atoms with E-state index in [2.05, 4.69) is 70.3 Å². The minimum Gasteiger partial charge on any atom is -0.414 e. The second kappa shape index (κ2) is 9.93. The predicted octanol–water partition coefficient (Wildman–Crippen LogP) is 3.86. The quantitative estimate of drug-likeness (QED) is 0.521. The van der Waals surface area contributed by atoms with Crippen LogP contribution in [0.25, 0.3) is 11.2 Å². The van der Waals surface area contributed by atoms with Gasteiger partial charge in [-0.2, -0.15) is 9.97 Å². The molecule has 0 aliphatic carbocycles. The van der Waals surface area contributed by atoms with Gasteiger partial charge in [-0.1, -0.05) is 55.4 Å². The first kappa shape index (κ1) is 27.4. The minimum atomic E-state index is -2.82. The maximum atomic E-state index is 7.29. The highest BCUT2D eigenvalue weighted by Gasteiger charge is 2.62. The average Bonchev–Trinajstić information content (AvgIpc) is 3.33. The number of hydrogen-bond donors (Lipinski definition) is 2. The fourth-order valence-corrected chi connectivity index (χ4v) is 16.9. The van der Waals surface area contributed by atoms with Crippen molar-refractivity contribution in [2.24, 2.45) is 0 Å². The molecule has 2 aliphatic heterocycles. The van der Waals surface area contributed by atoms with E-state index in [1.807, 2.05) is 0 Å². The van der Waals surface area contributed by atoms with E-state index in [0.717, 1.165) is 0 Å². The third-order valence-electron chi connectivity index (χ3n) is 7.63. The molecule has 2 aromatic heterocycles. The molecule has 0 spiro atoms. The first-order valence-electron chi connectivity index (χ1n) is 12.8. The molecular formula is C23H42N6O5Si2. The molecule has 4 N–H and O–H groups in total. The molecule has 0 bridgehead atoms. The molecule has 0 amide bonds. The summed E-state index contributed by atoms with van der Waals surface area (Å²) >= 11 is 0. The number of imidazole rings is 1. The Morgan fingerprint density at radius 2 is 1.58 bits per heavy atom. The number of nitrogens with zero attached hydrogens (tertiary/aromatic N) is 4. The second-order valence-electron chi connectivity index (χ2n) is 11.1.